The topological polar surface area (TPSA) is 49.8 Å². The zero-order valence-corrected chi connectivity index (χ0v) is 19.6. The Morgan fingerprint density at radius 3 is 2.42 bits per heavy atom. The Kier molecular flexibility index (Phi) is 7.55. The highest BCUT2D eigenvalue weighted by Gasteiger charge is 2.40. The molecule has 0 saturated heterocycles. The summed E-state index contributed by atoms with van der Waals surface area (Å²) in [5.74, 6) is 0.483. The van der Waals surface area contributed by atoms with Crippen LogP contribution in [0.1, 0.15) is 75.0 Å². The first-order valence-corrected chi connectivity index (χ1v) is 11.5. The molecule has 0 radical (unpaired) electrons. The molecule has 1 saturated carbocycles. The van der Waals surface area contributed by atoms with E-state index < -0.39 is 5.60 Å². The first kappa shape index (κ1) is 23.5. The first-order valence-electron chi connectivity index (χ1n) is 11.5. The summed E-state index contributed by atoms with van der Waals surface area (Å²) in [5, 5.41) is 11.6. The van der Waals surface area contributed by atoms with Gasteiger partial charge in [0.25, 0.3) is 0 Å². The minimum atomic E-state index is -0.886. The minimum Gasteiger partial charge on any atom is -0.426 e. The van der Waals surface area contributed by atoms with Crippen molar-refractivity contribution in [3.63, 3.8) is 0 Å². The van der Waals surface area contributed by atoms with Crippen LogP contribution in [-0.2, 0) is 10.4 Å². The maximum Gasteiger partial charge on any atom is 0.318 e. The number of aliphatic hydroxyl groups is 1. The lowest BCUT2D eigenvalue weighted by Gasteiger charge is -2.41. The zero-order chi connectivity index (χ0) is 22.6. The number of hydrogen-bond donors (Lipinski definition) is 1. The van der Waals surface area contributed by atoms with Crippen LogP contribution < -0.4 is 4.74 Å². The van der Waals surface area contributed by atoms with Crippen LogP contribution in [0, 0.1) is 5.92 Å². The standard InChI is InChI=1S/C27H37NO3/c1-19(2)21-12-14-22(15-13-21)20(3)26(29)31-25-11-8-10-23(17-25)27(30)16-7-6-9-24(27)18-28(4)5/h8,10-15,17,19-20,24,30H,6-7,9,16,18H2,1-5H3. The van der Waals surface area contributed by atoms with Gasteiger partial charge in [0.1, 0.15) is 5.75 Å². The molecule has 0 spiro atoms. The molecule has 3 unspecified atom stereocenters. The van der Waals surface area contributed by atoms with Crippen LogP contribution in [0.25, 0.3) is 0 Å². The van der Waals surface area contributed by atoms with Gasteiger partial charge in [-0.15, -0.1) is 0 Å². The molecule has 1 fully saturated rings. The fourth-order valence-electron chi connectivity index (χ4n) is 4.63. The van der Waals surface area contributed by atoms with E-state index in [-0.39, 0.29) is 17.8 Å². The Morgan fingerprint density at radius 2 is 1.77 bits per heavy atom. The summed E-state index contributed by atoms with van der Waals surface area (Å²) in [5.41, 5.74) is 2.16. The second kappa shape index (κ2) is 9.97. The largest absolute Gasteiger partial charge is 0.426 e. The fraction of sp³-hybridized carbons (Fsp3) is 0.519. The lowest BCUT2D eigenvalue weighted by atomic mass is 9.71. The summed E-state index contributed by atoms with van der Waals surface area (Å²) in [4.78, 5) is 15.0. The van der Waals surface area contributed by atoms with Crippen molar-refractivity contribution in [1.82, 2.24) is 4.90 Å². The smallest absolute Gasteiger partial charge is 0.318 e. The van der Waals surface area contributed by atoms with E-state index >= 15 is 0 Å². The Bertz CT molecular complexity index is 874. The van der Waals surface area contributed by atoms with Crippen LogP contribution >= 0.6 is 0 Å². The Hall–Kier alpha value is -2.17. The number of esters is 1. The molecule has 2 aromatic rings. The summed E-state index contributed by atoms with van der Waals surface area (Å²) in [7, 11) is 4.09. The number of carbonyl (C=O) groups excluding carboxylic acids is 1. The summed E-state index contributed by atoms with van der Waals surface area (Å²) < 4.78 is 5.74. The van der Waals surface area contributed by atoms with Crippen LogP contribution in [0.2, 0.25) is 0 Å². The predicted molar refractivity (Wildman–Crippen MR) is 125 cm³/mol. The molecule has 1 aliphatic carbocycles. The van der Waals surface area contributed by atoms with Crippen molar-refractivity contribution in [2.45, 2.75) is 63.9 Å². The first-order chi connectivity index (χ1) is 14.7. The maximum atomic E-state index is 12.8. The molecule has 0 amide bonds. The molecule has 3 rings (SSSR count). The molecule has 4 nitrogen and oxygen atoms in total. The lowest BCUT2D eigenvalue weighted by molar-refractivity contribution is -0.135. The summed E-state index contributed by atoms with van der Waals surface area (Å²) in [6.45, 7) is 7.02. The molecule has 2 aromatic carbocycles. The van der Waals surface area contributed by atoms with Crippen LogP contribution in [0.3, 0.4) is 0 Å². The summed E-state index contributed by atoms with van der Waals surface area (Å²) >= 11 is 0. The fourth-order valence-corrected chi connectivity index (χ4v) is 4.63. The van der Waals surface area contributed by atoms with Crippen molar-refractivity contribution in [3.05, 3.63) is 65.2 Å². The van der Waals surface area contributed by atoms with Crippen molar-refractivity contribution < 1.29 is 14.6 Å². The predicted octanol–water partition coefficient (Wildman–Crippen LogP) is 5.46. The van der Waals surface area contributed by atoms with Gasteiger partial charge in [-0.1, -0.05) is 63.1 Å². The molecule has 0 aromatic heterocycles. The number of hydrogen-bond acceptors (Lipinski definition) is 4. The monoisotopic (exact) mass is 423 g/mol. The van der Waals surface area contributed by atoms with E-state index in [1.54, 1.807) is 6.07 Å². The highest BCUT2D eigenvalue weighted by atomic mass is 16.5. The van der Waals surface area contributed by atoms with Gasteiger partial charge in [-0.3, -0.25) is 4.79 Å². The molecule has 0 aliphatic heterocycles. The van der Waals surface area contributed by atoms with Gasteiger partial charge in [0.15, 0.2) is 0 Å². The van der Waals surface area contributed by atoms with E-state index in [1.165, 1.54) is 5.56 Å². The van der Waals surface area contributed by atoms with Gasteiger partial charge in [0, 0.05) is 12.5 Å². The van der Waals surface area contributed by atoms with Crippen LogP contribution in [0.4, 0.5) is 0 Å². The number of carbonyl (C=O) groups is 1. The van der Waals surface area contributed by atoms with Crippen molar-refractivity contribution >= 4 is 5.97 Å². The van der Waals surface area contributed by atoms with E-state index in [4.69, 9.17) is 4.74 Å². The van der Waals surface area contributed by atoms with Gasteiger partial charge < -0.3 is 14.7 Å². The van der Waals surface area contributed by atoms with Crippen LogP contribution in [-0.4, -0.2) is 36.6 Å². The molecular formula is C27H37NO3. The molecule has 168 valence electrons. The highest BCUT2D eigenvalue weighted by molar-refractivity contribution is 5.80. The average Bonchev–Trinajstić information content (AvgIpc) is 2.75. The Morgan fingerprint density at radius 1 is 1.10 bits per heavy atom. The van der Waals surface area contributed by atoms with Crippen LogP contribution in [0.5, 0.6) is 5.75 Å². The number of ether oxygens (including phenoxy) is 1. The highest BCUT2D eigenvalue weighted by Crippen LogP contribution is 2.42. The second-order valence-corrected chi connectivity index (χ2v) is 9.62. The number of rotatable bonds is 7. The third-order valence-corrected chi connectivity index (χ3v) is 6.63. The second-order valence-electron chi connectivity index (χ2n) is 9.62. The minimum absolute atomic E-state index is 0.167. The molecule has 1 N–H and O–H groups in total. The third kappa shape index (κ3) is 5.55. The number of benzene rings is 2. The van der Waals surface area contributed by atoms with Crippen LogP contribution in [0.15, 0.2) is 48.5 Å². The Labute approximate surface area is 187 Å². The van der Waals surface area contributed by atoms with E-state index in [0.717, 1.165) is 43.4 Å². The van der Waals surface area contributed by atoms with Gasteiger partial charge in [-0.25, -0.2) is 0 Å². The van der Waals surface area contributed by atoms with E-state index in [9.17, 15) is 9.90 Å². The molecular weight excluding hydrogens is 386 g/mol. The normalized spacial score (nSPS) is 22.5. The van der Waals surface area contributed by atoms with Crippen molar-refractivity contribution in [2.24, 2.45) is 5.92 Å². The lowest BCUT2D eigenvalue weighted by Crippen LogP contribution is -2.43. The van der Waals surface area contributed by atoms with Crippen molar-refractivity contribution in [3.8, 4) is 5.75 Å². The Balaban J connectivity index is 1.75. The van der Waals surface area contributed by atoms with Gasteiger partial charge in [-0.2, -0.15) is 0 Å². The average molecular weight is 424 g/mol. The van der Waals surface area contributed by atoms with E-state index in [2.05, 4.69) is 30.9 Å². The molecule has 0 bridgehead atoms. The molecule has 3 atom stereocenters. The van der Waals surface area contributed by atoms with Crippen molar-refractivity contribution in [2.75, 3.05) is 20.6 Å². The maximum absolute atomic E-state index is 12.8. The van der Waals surface area contributed by atoms with Gasteiger partial charge >= 0.3 is 5.97 Å². The molecule has 4 heteroatoms. The summed E-state index contributed by atoms with van der Waals surface area (Å²) in [6, 6.07) is 15.6. The molecule has 0 heterocycles. The van der Waals surface area contributed by atoms with E-state index in [0.29, 0.717) is 11.7 Å². The van der Waals surface area contributed by atoms with Crippen molar-refractivity contribution in [1.29, 1.82) is 0 Å². The van der Waals surface area contributed by atoms with Gasteiger partial charge in [0.05, 0.1) is 11.5 Å². The quantitative estimate of drug-likeness (QED) is 0.475. The summed E-state index contributed by atoms with van der Waals surface area (Å²) in [6.07, 6.45) is 3.89. The SMILES string of the molecule is CC(C)c1ccc(C(C)C(=O)Oc2cccc(C3(O)CCCCC3CN(C)C)c2)cc1. The van der Waals surface area contributed by atoms with Gasteiger partial charge in [0.2, 0.25) is 0 Å². The third-order valence-electron chi connectivity index (χ3n) is 6.63. The molecule has 31 heavy (non-hydrogen) atoms. The van der Waals surface area contributed by atoms with E-state index in [1.807, 2.05) is 51.4 Å². The van der Waals surface area contributed by atoms with Gasteiger partial charge in [-0.05, 0) is 68.6 Å². The molecule has 1 aliphatic rings. The number of nitrogens with zero attached hydrogens (tertiary/aromatic N) is 1. The zero-order valence-electron chi connectivity index (χ0n) is 19.6.